The molecule has 0 saturated carbocycles. The average Bonchev–Trinajstić information content (AvgIpc) is 2.57. The number of hydrogen-bond acceptors (Lipinski definition) is 3. The molecule has 1 unspecified atom stereocenters. The van der Waals surface area contributed by atoms with Gasteiger partial charge in [-0.2, -0.15) is 0 Å². The van der Waals surface area contributed by atoms with Gasteiger partial charge in [-0.1, -0.05) is 0 Å². The Morgan fingerprint density at radius 3 is 2.42 bits per heavy atom. The third-order valence-corrected chi connectivity index (χ3v) is 4.94. The van der Waals surface area contributed by atoms with Crippen LogP contribution in [0.15, 0.2) is 12.1 Å². The van der Waals surface area contributed by atoms with Crippen LogP contribution < -0.4 is 25.0 Å². The van der Waals surface area contributed by atoms with Crippen molar-refractivity contribution in [3.05, 3.63) is 23.3 Å². The van der Waals surface area contributed by atoms with Crippen LogP contribution in [0.4, 0.5) is 4.79 Å². The number of fused-ring (bicyclic) bond motifs is 1. The molecule has 1 aliphatic rings. The van der Waals surface area contributed by atoms with Gasteiger partial charge in [0.15, 0.2) is 11.5 Å². The molecule has 3 N–H and O–H groups in total. The fourth-order valence-electron chi connectivity index (χ4n) is 3.80. The maximum Gasteiger partial charge on any atom is 0.315 e. The molecule has 146 valence electrons. The zero-order chi connectivity index (χ0) is 19.5. The van der Waals surface area contributed by atoms with Gasteiger partial charge in [0.2, 0.25) is 0 Å². The monoisotopic (exact) mass is 364 g/mol. The van der Waals surface area contributed by atoms with Gasteiger partial charge >= 0.3 is 6.03 Å². The van der Waals surface area contributed by atoms with Crippen LogP contribution in [0.5, 0.6) is 11.5 Å². The first kappa shape index (κ1) is 20.4. The number of methoxy groups -OCH3 is 2. The van der Waals surface area contributed by atoms with Crippen molar-refractivity contribution in [2.45, 2.75) is 58.7 Å². The van der Waals surface area contributed by atoms with E-state index < -0.39 is 0 Å². The smallest absolute Gasteiger partial charge is 0.315 e. The van der Waals surface area contributed by atoms with Gasteiger partial charge in [0.1, 0.15) is 6.04 Å². The summed E-state index contributed by atoms with van der Waals surface area (Å²) in [5, 5.41) is 6.12. The second kappa shape index (κ2) is 8.16. The van der Waals surface area contributed by atoms with Gasteiger partial charge in [0, 0.05) is 17.5 Å². The number of ether oxygens (including phenoxy) is 2. The fourth-order valence-corrected chi connectivity index (χ4v) is 3.80. The molecule has 0 radical (unpaired) electrons. The van der Waals surface area contributed by atoms with Gasteiger partial charge in [-0.15, -0.1) is 0 Å². The highest BCUT2D eigenvalue weighted by Gasteiger charge is 2.36. The lowest BCUT2D eigenvalue weighted by Crippen LogP contribution is -3.14. The molecular weight excluding hydrogens is 330 g/mol. The molecule has 2 rings (SSSR count). The third kappa shape index (κ3) is 4.61. The fraction of sp³-hybridized carbons (Fsp3) is 0.650. The largest absolute Gasteiger partial charge is 0.493 e. The summed E-state index contributed by atoms with van der Waals surface area (Å²) < 4.78 is 11.0. The van der Waals surface area contributed by atoms with Crippen molar-refractivity contribution in [1.29, 1.82) is 0 Å². The standard InChI is InChI=1S/C20H33N3O3/c1-8-23-10-9-14-11-16(25-6)17(26-7)12-15(14)18(23)13(2)21-19(24)22-20(3,4)5/h11-13,18H,8-10H2,1-7H3,(H2,21,22,24)/p+1/t13-,18-/m1/s1. The van der Waals surface area contributed by atoms with Crippen molar-refractivity contribution in [3.8, 4) is 11.5 Å². The van der Waals surface area contributed by atoms with Gasteiger partial charge in [-0.05, 0) is 52.3 Å². The Morgan fingerprint density at radius 1 is 1.27 bits per heavy atom. The normalized spacial score (nSPS) is 20.7. The Labute approximate surface area is 157 Å². The summed E-state index contributed by atoms with van der Waals surface area (Å²) in [6.45, 7) is 12.3. The minimum absolute atomic E-state index is 0.00977. The quantitative estimate of drug-likeness (QED) is 0.745. The number of urea groups is 1. The Kier molecular flexibility index (Phi) is 6.39. The molecule has 26 heavy (non-hydrogen) atoms. The highest BCUT2D eigenvalue weighted by atomic mass is 16.5. The van der Waals surface area contributed by atoms with E-state index in [1.807, 2.05) is 20.8 Å². The maximum atomic E-state index is 12.4. The van der Waals surface area contributed by atoms with Gasteiger partial charge in [0.05, 0.1) is 33.4 Å². The van der Waals surface area contributed by atoms with Crippen LogP contribution in [0.2, 0.25) is 0 Å². The van der Waals surface area contributed by atoms with Gasteiger partial charge < -0.3 is 25.0 Å². The van der Waals surface area contributed by atoms with Crippen molar-refractivity contribution in [2.24, 2.45) is 0 Å². The molecule has 0 aromatic heterocycles. The predicted octanol–water partition coefficient (Wildman–Crippen LogP) is 1.69. The molecule has 2 amide bonds. The molecule has 1 aromatic carbocycles. The van der Waals surface area contributed by atoms with Crippen LogP contribution in [0.1, 0.15) is 51.8 Å². The number of carbonyl (C=O) groups is 1. The minimum atomic E-state index is -0.262. The molecular formula is C20H34N3O3+. The number of hydrogen-bond donors (Lipinski definition) is 3. The van der Waals surface area contributed by atoms with E-state index in [-0.39, 0.29) is 23.7 Å². The van der Waals surface area contributed by atoms with E-state index in [0.29, 0.717) is 0 Å². The topological polar surface area (TPSA) is 64.0 Å². The molecule has 1 aromatic rings. The zero-order valence-corrected chi connectivity index (χ0v) is 17.2. The Morgan fingerprint density at radius 2 is 1.88 bits per heavy atom. The van der Waals surface area contributed by atoms with Crippen molar-refractivity contribution in [3.63, 3.8) is 0 Å². The number of nitrogens with one attached hydrogen (secondary N) is 3. The van der Waals surface area contributed by atoms with E-state index in [4.69, 9.17) is 9.47 Å². The lowest BCUT2D eigenvalue weighted by Gasteiger charge is -2.38. The molecule has 1 heterocycles. The number of amides is 2. The number of rotatable bonds is 5. The predicted molar refractivity (Wildman–Crippen MR) is 103 cm³/mol. The van der Waals surface area contributed by atoms with Crippen LogP contribution in [-0.2, 0) is 6.42 Å². The minimum Gasteiger partial charge on any atom is -0.493 e. The lowest BCUT2D eigenvalue weighted by atomic mass is 9.88. The van der Waals surface area contributed by atoms with Crippen LogP contribution >= 0.6 is 0 Å². The summed E-state index contributed by atoms with van der Waals surface area (Å²) in [6.07, 6.45) is 0.996. The number of carbonyl (C=O) groups excluding carboxylic acids is 1. The summed E-state index contributed by atoms with van der Waals surface area (Å²) in [5.74, 6) is 1.50. The third-order valence-electron chi connectivity index (χ3n) is 4.94. The van der Waals surface area contributed by atoms with E-state index >= 15 is 0 Å². The molecule has 6 heteroatoms. The van der Waals surface area contributed by atoms with E-state index in [0.717, 1.165) is 31.0 Å². The van der Waals surface area contributed by atoms with Crippen LogP contribution in [-0.4, -0.2) is 44.9 Å². The number of quaternary nitrogens is 1. The molecule has 0 bridgehead atoms. The first-order valence-electron chi connectivity index (χ1n) is 9.38. The second-order valence-electron chi connectivity index (χ2n) is 8.03. The van der Waals surface area contributed by atoms with Crippen molar-refractivity contribution in [2.75, 3.05) is 27.3 Å². The van der Waals surface area contributed by atoms with Gasteiger partial charge in [-0.25, -0.2) is 4.79 Å². The molecule has 0 aliphatic carbocycles. The van der Waals surface area contributed by atoms with E-state index in [9.17, 15) is 4.79 Å². The summed E-state index contributed by atoms with van der Waals surface area (Å²) in [7, 11) is 3.32. The average molecular weight is 365 g/mol. The Balaban J connectivity index is 2.32. The molecule has 0 saturated heterocycles. The SMILES string of the molecule is CC[NH+]1CCc2cc(OC)c(OC)cc2[C@H]1[C@@H](C)NC(=O)NC(C)(C)C. The van der Waals surface area contributed by atoms with Gasteiger partial charge in [0.25, 0.3) is 0 Å². The molecule has 0 spiro atoms. The second-order valence-corrected chi connectivity index (χ2v) is 8.03. The zero-order valence-electron chi connectivity index (χ0n) is 17.2. The maximum absolute atomic E-state index is 12.4. The van der Waals surface area contributed by atoms with Crippen molar-refractivity contribution >= 4 is 6.03 Å². The van der Waals surface area contributed by atoms with E-state index in [1.165, 1.54) is 16.0 Å². The highest BCUT2D eigenvalue weighted by Crippen LogP contribution is 2.34. The molecule has 3 atom stereocenters. The highest BCUT2D eigenvalue weighted by molar-refractivity contribution is 5.75. The first-order valence-corrected chi connectivity index (χ1v) is 9.38. The van der Waals surface area contributed by atoms with Crippen molar-refractivity contribution in [1.82, 2.24) is 10.6 Å². The lowest BCUT2D eigenvalue weighted by molar-refractivity contribution is -0.933. The van der Waals surface area contributed by atoms with Crippen LogP contribution in [0, 0.1) is 0 Å². The molecule has 6 nitrogen and oxygen atoms in total. The van der Waals surface area contributed by atoms with Crippen LogP contribution in [0.3, 0.4) is 0 Å². The van der Waals surface area contributed by atoms with Gasteiger partial charge in [-0.3, -0.25) is 0 Å². The molecule has 0 fully saturated rings. The summed E-state index contributed by atoms with van der Waals surface area (Å²) in [4.78, 5) is 13.8. The van der Waals surface area contributed by atoms with Crippen molar-refractivity contribution < 1.29 is 19.2 Å². The van der Waals surface area contributed by atoms with Crippen LogP contribution in [0.25, 0.3) is 0 Å². The van der Waals surface area contributed by atoms with E-state index in [2.05, 4.69) is 36.6 Å². The Bertz CT molecular complexity index is 640. The number of benzene rings is 1. The molecule has 1 aliphatic heterocycles. The summed E-state index contributed by atoms with van der Waals surface area (Å²) in [6, 6.07) is 4.19. The van der Waals surface area contributed by atoms with E-state index in [1.54, 1.807) is 14.2 Å². The summed E-state index contributed by atoms with van der Waals surface area (Å²) >= 11 is 0. The Hall–Kier alpha value is -1.95. The first-order chi connectivity index (χ1) is 12.2. The summed E-state index contributed by atoms with van der Waals surface area (Å²) in [5.41, 5.74) is 2.24. The number of likely N-dealkylation sites (N-methyl/N-ethyl adjacent to an activating group) is 1.